The molecule has 2 aliphatic rings. The zero-order valence-electron chi connectivity index (χ0n) is 10.8. The van der Waals surface area contributed by atoms with Crippen LogP contribution in [0.15, 0.2) is 4.99 Å². The first-order valence-corrected chi connectivity index (χ1v) is 6.98. The van der Waals surface area contributed by atoms with Gasteiger partial charge in [0.15, 0.2) is 5.96 Å². The van der Waals surface area contributed by atoms with E-state index in [-0.39, 0.29) is 31.1 Å². The predicted octanol–water partition coefficient (Wildman–Crippen LogP) is 0.865. The normalized spacial score (nSPS) is 25.6. The van der Waals surface area contributed by atoms with Crippen molar-refractivity contribution in [3.63, 3.8) is 0 Å². The molecule has 0 aromatic carbocycles. The van der Waals surface area contributed by atoms with E-state index in [2.05, 4.69) is 4.99 Å². The van der Waals surface area contributed by atoms with Crippen molar-refractivity contribution in [1.82, 2.24) is 4.90 Å². The van der Waals surface area contributed by atoms with E-state index >= 15 is 0 Å². The van der Waals surface area contributed by atoms with Crippen LogP contribution < -0.4 is 5.73 Å². The summed E-state index contributed by atoms with van der Waals surface area (Å²) >= 11 is 0. The van der Waals surface area contributed by atoms with Crippen LogP contribution in [0.2, 0.25) is 0 Å². The molecule has 1 atom stereocenters. The maximum atomic E-state index is 12.0. The molecular formula is C13H23N3O2. The highest BCUT2D eigenvalue weighted by atomic mass is 16.3. The molecule has 1 aliphatic carbocycles. The van der Waals surface area contributed by atoms with Crippen molar-refractivity contribution in [3.8, 4) is 0 Å². The SMILES string of the molecule is NC1=NC(CCC2CCCCC2)C(=O)N1CCO. The Labute approximate surface area is 108 Å². The maximum absolute atomic E-state index is 12.0. The molecule has 5 nitrogen and oxygen atoms in total. The van der Waals surface area contributed by atoms with Gasteiger partial charge in [0.25, 0.3) is 5.91 Å². The van der Waals surface area contributed by atoms with Gasteiger partial charge in [0.1, 0.15) is 6.04 Å². The Morgan fingerprint density at radius 1 is 1.28 bits per heavy atom. The first-order chi connectivity index (χ1) is 8.72. The Kier molecular flexibility index (Phi) is 4.58. The molecule has 102 valence electrons. The van der Waals surface area contributed by atoms with Gasteiger partial charge >= 0.3 is 0 Å². The van der Waals surface area contributed by atoms with E-state index in [1.165, 1.54) is 37.0 Å². The van der Waals surface area contributed by atoms with E-state index in [1.807, 2.05) is 0 Å². The molecule has 2 rings (SSSR count). The van der Waals surface area contributed by atoms with Crippen LogP contribution in [0.5, 0.6) is 0 Å². The average Bonchev–Trinajstić information content (AvgIpc) is 2.66. The Balaban J connectivity index is 1.81. The van der Waals surface area contributed by atoms with Gasteiger partial charge in [-0.05, 0) is 18.8 Å². The molecule has 0 saturated heterocycles. The van der Waals surface area contributed by atoms with Gasteiger partial charge in [0.2, 0.25) is 0 Å². The number of aliphatic hydroxyl groups excluding tert-OH is 1. The molecule has 0 aromatic heterocycles. The zero-order chi connectivity index (χ0) is 13.0. The van der Waals surface area contributed by atoms with Crippen molar-refractivity contribution >= 4 is 11.9 Å². The lowest BCUT2D eigenvalue weighted by Crippen LogP contribution is -2.40. The van der Waals surface area contributed by atoms with E-state index in [9.17, 15) is 4.79 Å². The third kappa shape index (κ3) is 3.02. The number of nitrogens with zero attached hydrogens (tertiary/aromatic N) is 2. The van der Waals surface area contributed by atoms with Crippen molar-refractivity contribution in [2.75, 3.05) is 13.2 Å². The molecule has 1 amide bonds. The monoisotopic (exact) mass is 253 g/mol. The Morgan fingerprint density at radius 3 is 2.67 bits per heavy atom. The number of carbonyl (C=O) groups is 1. The van der Waals surface area contributed by atoms with Crippen LogP contribution in [0.1, 0.15) is 44.9 Å². The lowest BCUT2D eigenvalue weighted by atomic mass is 9.85. The Hall–Kier alpha value is -1.10. The third-order valence-electron chi connectivity index (χ3n) is 4.01. The number of amides is 1. The molecule has 0 bridgehead atoms. The highest BCUT2D eigenvalue weighted by Crippen LogP contribution is 2.28. The molecule has 1 saturated carbocycles. The average molecular weight is 253 g/mol. The van der Waals surface area contributed by atoms with Crippen LogP contribution in [-0.4, -0.2) is 41.1 Å². The molecule has 0 spiro atoms. The van der Waals surface area contributed by atoms with Gasteiger partial charge in [-0.3, -0.25) is 9.69 Å². The number of aliphatic imine (C=N–C) groups is 1. The number of hydrogen-bond acceptors (Lipinski definition) is 4. The first kappa shape index (κ1) is 13.3. The molecule has 1 fully saturated rings. The van der Waals surface area contributed by atoms with Gasteiger partial charge in [-0.1, -0.05) is 32.1 Å². The second-order valence-corrected chi connectivity index (χ2v) is 5.30. The van der Waals surface area contributed by atoms with Crippen LogP contribution in [0, 0.1) is 5.92 Å². The van der Waals surface area contributed by atoms with Crippen LogP contribution >= 0.6 is 0 Å². The van der Waals surface area contributed by atoms with E-state index in [0.717, 1.165) is 18.8 Å². The number of nitrogens with two attached hydrogens (primary N) is 1. The van der Waals surface area contributed by atoms with Gasteiger partial charge in [-0.15, -0.1) is 0 Å². The summed E-state index contributed by atoms with van der Waals surface area (Å²) in [4.78, 5) is 17.6. The number of carbonyl (C=O) groups excluding carboxylic acids is 1. The Morgan fingerprint density at radius 2 is 2.00 bits per heavy atom. The van der Waals surface area contributed by atoms with Crippen LogP contribution in [0.25, 0.3) is 0 Å². The third-order valence-corrected chi connectivity index (χ3v) is 4.01. The predicted molar refractivity (Wildman–Crippen MR) is 70.0 cm³/mol. The summed E-state index contributed by atoms with van der Waals surface area (Å²) in [5, 5.41) is 8.88. The largest absolute Gasteiger partial charge is 0.395 e. The summed E-state index contributed by atoms with van der Waals surface area (Å²) in [6.07, 6.45) is 8.46. The highest BCUT2D eigenvalue weighted by Gasteiger charge is 2.32. The quantitative estimate of drug-likeness (QED) is 0.763. The molecule has 1 aliphatic heterocycles. The summed E-state index contributed by atoms with van der Waals surface area (Å²) in [6, 6.07) is -0.307. The van der Waals surface area contributed by atoms with E-state index < -0.39 is 0 Å². The standard InChI is InChI=1S/C13H23N3O2/c14-13-15-11(12(18)16(13)8-9-17)7-6-10-4-2-1-3-5-10/h10-11,17H,1-9H2,(H2,14,15). The van der Waals surface area contributed by atoms with E-state index in [1.54, 1.807) is 0 Å². The van der Waals surface area contributed by atoms with Crippen molar-refractivity contribution in [3.05, 3.63) is 0 Å². The molecule has 0 aromatic rings. The second kappa shape index (κ2) is 6.18. The highest BCUT2D eigenvalue weighted by molar-refractivity contribution is 6.04. The molecule has 1 heterocycles. The molecule has 1 unspecified atom stereocenters. The summed E-state index contributed by atoms with van der Waals surface area (Å²) in [6.45, 7) is 0.186. The van der Waals surface area contributed by atoms with Gasteiger partial charge < -0.3 is 10.8 Å². The van der Waals surface area contributed by atoms with Crippen LogP contribution in [0.4, 0.5) is 0 Å². The number of rotatable bonds is 5. The van der Waals surface area contributed by atoms with Crippen molar-refractivity contribution < 1.29 is 9.90 Å². The summed E-state index contributed by atoms with van der Waals surface area (Å²) in [5.41, 5.74) is 5.70. The minimum atomic E-state index is -0.307. The van der Waals surface area contributed by atoms with Crippen molar-refractivity contribution in [2.24, 2.45) is 16.6 Å². The minimum absolute atomic E-state index is 0.0441. The molecule has 18 heavy (non-hydrogen) atoms. The number of hydrogen-bond donors (Lipinski definition) is 2. The lowest BCUT2D eigenvalue weighted by molar-refractivity contribution is -0.127. The lowest BCUT2D eigenvalue weighted by Gasteiger charge is -2.22. The zero-order valence-corrected chi connectivity index (χ0v) is 10.8. The first-order valence-electron chi connectivity index (χ1n) is 6.98. The van der Waals surface area contributed by atoms with Gasteiger partial charge in [0.05, 0.1) is 13.2 Å². The van der Waals surface area contributed by atoms with E-state index in [4.69, 9.17) is 10.8 Å². The van der Waals surface area contributed by atoms with Gasteiger partial charge in [-0.25, -0.2) is 4.99 Å². The van der Waals surface area contributed by atoms with E-state index in [0.29, 0.717) is 0 Å². The Bertz CT molecular complexity index is 324. The fraction of sp³-hybridized carbons (Fsp3) is 0.846. The number of aliphatic hydroxyl groups is 1. The molecule has 5 heteroatoms. The summed E-state index contributed by atoms with van der Waals surface area (Å²) in [7, 11) is 0. The number of β-amino-alcohol motifs (C(OH)–C–C–N with tert-alkyl or cyclic N) is 1. The van der Waals surface area contributed by atoms with Crippen LogP contribution in [0.3, 0.4) is 0 Å². The molecule has 3 N–H and O–H groups in total. The van der Waals surface area contributed by atoms with Crippen LogP contribution in [-0.2, 0) is 4.79 Å². The topological polar surface area (TPSA) is 78.9 Å². The van der Waals surface area contributed by atoms with Crippen molar-refractivity contribution in [2.45, 2.75) is 51.0 Å². The number of guanidine groups is 1. The van der Waals surface area contributed by atoms with Gasteiger partial charge in [-0.2, -0.15) is 0 Å². The fourth-order valence-corrected chi connectivity index (χ4v) is 2.96. The second-order valence-electron chi connectivity index (χ2n) is 5.30. The van der Waals surface area contributed by atoms with Gasteiger partial charge in [0, 0.05) is 0 Å². The minimum Gasteiger partial charge on any atom is -0.395 e. The smallest absolute Gasteiger partial charge is 0.254 e. The summed E-state index contributed by atoms with van der Waals surface area (Å²) in [5.74, 6) is 0.981. The van der Waals surface area contributed by atoms with Crippen molar-refractivity contribution in [1.29, 1.82) is 0 Å². The molecule has 0 radical (unpaired) electrons. The fourth-order valence-electron chi connectivity index (χ4n) is 2.96. The maximum Gasteiger partial charge on any atom is 0.254 e. The molecular weight excluding hydrogens is 230 g/mol. The summed E-state index contributed by atoms with van der Waals surface area (Å²) < 4.78 is 0.